The van der Waals surface area contributed by atoms with Crippen LogP contribution in [0.3, 0.4) is 0 Å². The molecule has 0 spiro atoms. The van der Waals surface area contributed by atoms with E-state index in [0.29, 0.717) is 0 Å². The van der Waals surface area contributed by atoms with Gasteiger partial charge in [-0.25, -0.2) is 0 Å². The highest BCUT2D eigenvalue weighted by Crippen LogP contribution is 2.40. The van der Waals surface area contributed by atoms with Crippen molar-refractivity contribution < 1.29 is 32.7 Å². The van der Waals surface area contributed by atoms with Crippen LogP contribution in [0.5, 0.6) is 0 Å². The minimum atomic E-state index is -2.19. The Morgan fingerprint density at radius 1 is 1.19 bits per heavy atom. The molecule has 1 N–H and O–H groups in total. The minimum absolute atomic E-state index is 0.171. The fourth-order valence-corrected chi connectivity index (χ4v) is 3.63. The summed E-state index contributed by atoms with van der Waals surface area (Å²) in [6.07, 6.45) is 1.14. The van der Waals surface area contributed by atoms with E-state index in [9.17, 15) is 9.36 Å². The van der Waals surface area contributed by atoms with Gasteiger partial charge in [-0.3, -0.25) is 4.79 Å². The second kappa shape index (κ2) is 8.85. The van der Waals surface area contributed by atoms with E-state index in [1.54, 1.807) is 20.8 Å². The molecule has 2 fully saturated rings. The average Bonchev–Trinajstić information content (AvgIpc) is 3.07. The van der Waals surface area contributed by atoms with Crippen LogP contribution < -0.4 is 5.09 Å². The highest BCUT2D eigenvalue weighted by Gasteiger charge is 2.55. The number of carbonyl (C=O) groups is 1. The molecule has 0 aromatic heterocycles. The molecule has 2 aliphatic heterocycles. The third-order valence-corrected chi connectivity index (χ3v) is 6.08. The van der Waals surface area contributed by atoms with Crippen LogP contribution in [-0.2, 0) is 32.7 Å². The van der Waals surface area contributed by atoms with Gasteiger partial charge in [0.2, 0.25) is 0 Å². The van der Waals surface area contributed by atoms with Crippen molar-refractivity contribution >= 4 is 21.3 Å². The van der Waals surface area contributed by atoms with E-state index in [4.69, 9.17) is 23.3 Å². The minimum Gasteiger partial charge on any atom is -0.462 e. The lowest BCUT2D eigenvalue weighted by Crippen LogP contribution is -2.41. The molecule has 0 saturated carbocycles. The average molecular weight is 404 g/mol. The third-order valence-electron chi connectivity index (χ3n) is 5.10. The molecule has 27 heavy (non-hydrogen) atoms. The molecule has 2 heterocycles. The van der Waals surface area contributed by atoms with Gasteiger partial charge in [-0.15, -0.1) is 4.52 Å². The Hall–Kier alpha value is -0.565. The van der Waals surface area contributed by atoms with Crippen molar-refractivity contribution in [1.29, 1.82) is 0 Å². The first-order valence-electron chi connectivity index (χ1n) is 9.49. The van der Waals surface area contributed by atoms with Crippen molar-refractivity contribution in [1.82, 2.24) is 5.09 Å². The van der Waals surface area contributed by atoms with Gasteiger partial charge in [0.25, 0.3) is 0 Å². The van der Waals surface area contributed by atoms with Crippen molar-refractivity contribution in [2.75, 3.05) is 6.61 Å². The smallest absolute Gasteiger partial charge is 0.462 e. The van der Waals surface area contributed by atoms with Gasteiger partial charge in [-0.2, -0.15) is 0 Å². The molecule has 154 valence electrons. The van der Waals surface area contributed by atoms with Gasteiger partial charge in [0, 0.05) is 0 Å². The number of esters is 1. The summed E-state index contributed by atoms with van der Waals surface area (Å²) in [6, 6.07) is -0.886. The van der Waals surface area contributed by atoms with Crippen LogP contribution >= 0.6 is 8.18 Å². The molecule has 0 radical (unpaired) electrons. The first-order chi connectivity index (χ1) is 12.4. The first-order valence-corrected chi connectivity index (χ1v) is 10.7. The monoisotopic (exact) mass is 404 g/mol. The lowest BCUT2D eigenvalue weighted by atomic mass is 9.79. The normalized spacial score (nSPS) is 28.4. The van der Waals surface area contributed by atoms with Crippen molar-refractivity contribution in [2.24, 2.45) is 0 Å². The Balaban J connectivity index is 1.73. The molecule has 0 amide bonds. The predicted octanol–water partition coefficient (Wildman–Crippen LogP) is 2.77. The van der Waals surface area contributed by atoms with E-state index in [0.717, 1.165) is 12.8 Å². The predicted molar refractivity (Wildman–Crippen MR) is 101 cm³/mol. The van der Waals surface area contributed by atoms with Crippen LogP contribution in [0.25, 0.3) is 0 Å². The number of ether oxygens (including phenoxy) is 2. The van der Waals surface area contributed by atoms with Crippen molar-refractivity contribution in [2.45, 2.75) is 96.8 Å². The zero-order valence-electron chi connectivity index (χ0n) is 17.3. The second-order valence-corrected chi connectivity index (χ2v) is 9.42. The van der Waals surface area contributed by atoms with E-state index >= 15 is 0 Å². The molecular formula is C17H32BNO7P+. The van der Waals surface area contributed by atoms with E-state index in [2.05, 4.69) is 5.09 Å². The van der Waals surface area contributed by atoms with Gasteiger partial charge in [0.15, 0.2) is 0 Å². The van der Waals surface area contributed by atoms with E-state index in [-0.39, 0.29) is 24.8 Å². The van der Waals surface area contributed by atoms with Crippen LogP contribution in [0, 0.1) is 0 Å². The van der Waals surface area contributed by atoms with Crippen LogP contribution in [0.2, 0.25) is 0 Å². The highest BCUT2D eigenvalue weighted by molar-refractivity contribution is 7.36. The number of rotatable bonds is 8. The fourth-order valence-electron chi connectivity index (χ4n) is 2.83. The lowest BCUT2D eigenvalue weighted by Gasteiger charge is -2.32. The number of hydrogen-bond acceptors (Lipinski definition) is 7. The SMILES string of the molecule is CC(C)OC(=O)[C@H](C)N[P+](=O)OCC1CCC(B2OC(C)(C)C(C)(C)O2)O1. The Morgan fingerprint density at radius 3 is 2.33 bits per heavy atom. The first kappa shape index (κ1) is 22.7. The summed E-state index contributed by atoms with van der Waals surface area (Å²) in [6.45, 7) is 13.3. The summed E-state index contributed by atoms with van der Waals surface area (Å²) in [5.74, 6) is -0.463. The summed E-state index contributed by atoms with van der Waals surface area (Å²) in [5.41, 5.74) is -0.798. The zero-order chi connectivity index (χ0) is 20.4. The number of carbonyl (C=O) groups excluding carboxylic acids is 1. The maximum Gasteiger partial charge on any atom is 0.613 e. The highest BCUT2D eigenvalue weighted by atomic mass is 31.1. The van der Waals surface area contributed by atoms with E-state index < -0.39 is 38.5 Å². The van der Waals surface area contributed by atoms with Crippen LogP contribution in [0.1, 0.15) is 61.3 Å². The van der Waals surface area contributed by atoms with Crippen molar-refractivity contribution in [3.8, 4) is 0 Å². The molecule has 2 rings (SSSR count). The largest absolute Gasteiger partial charge is 0.613 e. The van der Waals surface area contributed by atoms with Gasteiger partial charge in [-0.1, -0.05) is 5.09 Å². The summed E-state index contributed by atoms with van der Waals surface area (Å²) in [7, 11) is -2.61. The van der Waals surface area contributed by atoms with Gasteiger partial charge in [-0.05, 0) is 65.9 Å². The summed E-state index contributed by atoms with van der Waals surface area (Å²) in [5, 5.41) is 2.60. The van der Waals surface area contributed by atoms with Crippen LogP contribution in [-0.4, -0.2) is 55.1 Å². The molecule has 8 nitrogen and oxygen atoms in total. The molecule has 2 aliphatic rings. The van der Waals surface area contributed by atoms with Crippen LogP contribution in [0.4, 0.5) is 0 Å². The molecule has 10 heteroatoms. The molecular weight excluding hydrogens is 372 g/mol. The molecule has 0 aliphatic carbocycles. The van der Waals surface area contributed by atoms with E-state index in [1.165, 1.54) is 0 Å². The van der Waals surface area contributed by atoms with Gasteiger partial charge >= 0.3 is 21.3 Å². The van der Waals surface area contributed by atoms with E-state index in [1.807, 2.05) is 27.7 Å². The van der Waals surface area contributed by atoms with Crippen LogP contribution in [0.15, 0.2) is 0 Å². The van der Waals surface area contributed by atoms with Gasteiger partial charge in [0.05, 0.1) is 29.4 Å². The second-order valence-electron chi connectivity index (χ2n) is 8.39. The maximum absolute atomic E-state index is 12.0. The third kappa shape index (κ3) is 5.95. The Morgan fingerprint density at radius 2 is 1.78 bits per heavy atom. The molecule has 0 aromatic carbocycles. The Kier molecular flexibility index (Phi) is 7.44. The Labute approximate surface area is 163 Å². The van der Waals surface area contributed by atoms with Crippen molar-refractivity contribution in [3.63, 3.8) is 0 Å². The Bertz CT molecular complexity index is 541. The molecule has 0 bridgehead atoms. The van der Waals surface area contributed by atoms with Crippen molar-refractivity contribution in [3.05, 3.63) is 0 Å². The maximum atomic E-state index is 12.0. The molecule has 3 unspecified atom stereocenters. The molecule has 0 aromatic rings. The number of hydrogen-bond donors (Lipinski definition) is 1. The standard InChI is InChI=1S/C17H32BNO7P/c1-11(2)23-15(20)12(3)19-27(21)22-10-13-8-9-14(24-13)18-25-16(4,5)17(6,7)26-18/h11-14H,8-10H2,1-7H3,(H,19,21)/q+1/t12-,13?,14?/m0/s1. The van der Waals surface area contributed by atoms with Gasteiger partial charge in [0.1, 0.15) is 12.6 Å². The topological polar surface area (TPSA) is 92.3 Å². The zero-order valence-corrected chi connectivity index (χ0v) is 18.2. The quantitative estimate of drug-likeness (QED) is 0.375. The summed E-state index contributed by atoms with van der Waals surface area (Å²) in [4.78, 5) is 11.7. The summed E-state index contributed by atoms with van der Waals surface area (Å²) < 4.78 is 40.4. The van der Waals surface area contributed by atoms with Gasteiger partial charge < -0.3 is 18.8 Å². The fraction of sp³-hybridized carbons (Fsp3) is 0.941. The molecule has 4 atom stereocenters. The lowest BCUT2D eigenvalue weighted by molar-refractivity contribution is -0.149. The summed E-state index contributed by atoms with van der Waals surface area (Å²) >= 11 is 0. The molecule has 2 saturated heterocycles. The number of nitrogens with one attached hydrogen (secondary N) is 1.